The summed E-state index contributed by atoms with van der Waals surface area (Å²) in [7, 11) is 1.49. The number of nitrogens with zero attached hydrogens (tertiary/aromatic N) is 1. The second kappa shape index (κ2) is 11.4. The van der Waals surface area contributed by atoms with Gasteiger partial charge in [0.15, 0.2) is 11.5 Å². The monoisotopic (exact) mass is 536 g/mol. The van der Waals surface area contributed by atoms with E-state index in [4.69, 9.17) is 9.47 Å². The number of carbonyl (C=O) groups excluding carboxylic acids is 2. The third-order valence-corrected chi connectivity index (χ3v) is 8.07. The molecular weight excluding hydrogens is 500 g/mol. The first-order valence-electron chi connectivity index (χ1n) is 13.5. The summed E-state index contributed by atoms with van der Waals surface area (Å²) in [5, 5.41) is 33.7. The van der Waals surface area contributed by atoms with Crippen molar-refractivity contribution < 1.29 is 34.4 Å². The number of nitrogens with one attached hydrogen (secondary N) is 1. The van der Waals surface area contributed by atoms with Crippen LogP contribution in [0.3, 0.4) is 0 Å². The van der Waals surface area contributed by atoms with Crippen LogP contribution in [0.5, 0.6) is 11.5 Å². The number of aliphatic hydroxyl groups is 3. The molecule has 0 aromatic heterocycles. The van der Waals surface area contributed by atoms with Crippen LogP contribution in [0.15, 0.2) is 48.0 Å². The fourth-order valence-electron chi connectivity index (χ4n) is 5.73. The molecule has 39 heavy (non-hydrogen) atoms. The first-order chi connectivity index (χ1) is 18.9. The van der Waals surface area contributed by atoms with Crippen molar-refractivity contribution in [3.05, 3.63) is 70.3 Å². The van der Waals surface area contributed by atoms with E-state index in [0.29, 0.717) is 28.2 Å². The van der Waals surface area contributed by atoms with Crippen molar-refractivity contribution in [2.75, 3.05) is 20.3 Å². The third kappa shape index (κ3) is 5.14. The SMILES string of the molecule is COc1cc(CO)cc2c1OC1C2C(C(=O)NCCO)=CC(N(Cc2ccc(C)cc2)C(=O)C2CCC2)C1O. The lowest BCUT2D eigenvalue weighted by atomic mass is 9.76. The molecule has 1 fully saturated rings. The minimum Gasteiger partial charge on any atom is -0.493 e. The van der Waals surface area contributed by atoms with Crippen molar-refractivity contribution in [3.8, 4) is 11.5 Å². The highest BCUT2D eigenvalue weighted by Gasteiger charge is 2.52. The summed E-state index contributed by atoms with van der Waals surface area (Å²) in [4.78, 5) is 28.9. The Kier molecular flexibility index (Phi) is 7.93. The van der Waals surface area contributed by atoms with Crippen LogP contribution in [-0.4, -0.2) is 70.5 Å². The number of benzene rings is 2. The van der Waals surface area contributed by atoms with Crippen LogP contribution in [0, 0.1) is 12.8 Å². The lowest BCUT2D eigenvalue weighted by molar-refractivity contribution is -0.145. The van der Waals surface area contributed by atoms with Crippen LogP contribution in [0.25, 0.3) is 0 Å². The van der Waals surface area contributed by atoms with E-state index in [9.17, 15) is 24.9 Å². The Morgan fingerprint density at radius 1 is 1.13 bits per heavy atom. The molecule has 4 atom stereocenters. The Morgan fingerprint density at radius 2 is 1.87 bits per heavy atom. The van der Waals surface area contributed by atoms with Gasteiger partial charge in [0.2, 0.25) is 11.8 Å². The molecule has 2 aromatic rings. The van der Waals surface area contributed by atoms with Gasteiger partial charge in [-0.1, -0.05) is 36.2 Å². The number of aliphatic hydroxyl groups excluding tert-OH is 3. The average molecular weight is 537 g/mol. The van der Waals surface area contributed by atoms with E-state index in [1.807, 2.05) is 31.2 Å². The zero-order valence-corrected chi connectivity index (χ0v) is 22.3. The van der Waals surface area contributed by atoms with E-state index < -0.39 is 30.1 Å². The zero-order valence-electron chi connectivity index (χ0n) is 22.3. The highest BCUT2D eigenvalue weighted by Crippen LogP contribution is 2.51. The highest BCUT2D eigenvalue weighted by atomic mass is 16.5. The van der Waals surface area contributed by atoms with Crippen LogP contribution >= 0.6 is 0 Å². The number of fused-ring (bicyclic) bond motifs is 3. The Balaban J connectivity index is 1.59. The van der Waals surface area contributed by atoms with Crippen molar-refractivity contribution in [1.82, 2.24) is 10.2 Å². The molecule has 2 amide bonds. The minimum absolute atomic E-state index is 0.0497. The second-order valence-corrected chi connectivity index (χ2v) is 10.6. The Hall–Kier alpha value is -3.40. The van der Waals surface area contributed by atoms with Gasteiger partial charge in [0, 0.05) is 30.1 Å². The lowest BCUT2D eigenvalue weighted by Crippen LogP contribution is -2.56. The molecule has 9 heteroatoms. The summed E-state index contributed by atoms with van der Waals surface area (Å²) >= 11 is 0. The molecular formula is C30H36N2O7. The molecule has 0 saturated heterocycles. The van der Waals surface area contributed by atoms with Gasteiger partial charge in [0.25, 0.3) is 0 Å². The van der Waals surface area contributed by atoms with Crippen LogP contribution in [-0.2, 0) is 22.7 Å². The Morgan fingerprint density at radius 3 is 2.49 bits per heavy atom. The van der Waals surface area contributed by atoms with E-state index in [1.54, 1.807) is 23.1 Å². The summed E-state index contributed by atoms with van der Waals surface area (Å²) in [6, 6.07) is 10.5. The molecule has 5 rings (SSSR count). The normalized spacial score (nSPS) is 23.6. The maximum atomic E-state index is 13.7. The van der Waals surface area contributed by atoms with Crippen LogP contribution in [0.4, 0.5) is 0 Å². The summed E-state index contributed by atoms with van der Waals surface area (Å²) in [6.45, 7) is 1.87. The maximum absolute atomic E-state index is 13.7. The minimum atomic E-state index is -1.13. The first-order valence-corrected chi connectivity index (χ1v) is 13.5. The molecule has 0 spiro atoms. The van der Waals surface area contributed by atoms with Crippen molar-refractivity contribution in [2.45, 2.75) is 63.5 Å². The predicted octanol–water partition coefficient (Wildman–Crippen LogP) is 1.95. The number of methoxy groups -OCH3 is 1. The summed E-state index contributed by atoms with van der Waals surface area (Å²) in [5.41, 5.74) is 3.58. The van der Waals surface area contributed by atoms with Crippen molar-refractivity contribution in [2.24, 2.45) is 5.92 Å². The van der Waals surface area contributed by atoms with E-state index in [-0.39, 0.29) is 38.1 Å². The summed E-state index contributed by atoms with van der Waals surface area (Å²) in [5.74, 6) is -0.425. The topological polar surface area (TPSA) is 129 Å². The number of carbonyl (C=O) groups is 2. The van der Waals surface area contributed by atoms with Gasteiger partial charge in [-0.05, 0) is 49.1 Å². The van der Waals surface area contributed by atoms with Gasteiger partial charge in [-0.15, -0.1) is 0 Å². The second-order valence-electron chi connectivity index (χ2n) is 10.6. The Bertz CT molecular complexity index is 1250. The van der Waals surface area contributed by atoms with Crippen LogP contribution in [0.2, 0.25) is 0 Å². The van der Waals surface area contributed by atoms with Gasteiger partial charge >= 0.3 is 0 Å². The van der Waals surface area contributed by atoms with Gasteiger partial charge in [-0.3, -0.25) is 9.59 Å². The molecule has 2 aliphatic carbocycles. The largest absolute Gasteiger partial charge is 0.493 e. The zero-order chi connectivity index (χ0) is 27.7. The third-order valence-electron chi connectivity index (χ3n) is 8.07. The average Bonchev–Trinajstić information content (AvgIpc) is 3.30. The van der Waals surface area contributed by atoms with Crippen LogP contribution in [0.1, 0.15) is 47.4 Å². The molecule has 4 unspecified atom stereocenters. The number of hydrogen-bond donors (Lipinski definition) is 4. The number of hydrogen-bond acceptors (Lipinski definition) is 7. The van der Waals surface area contributed by atoms with E-state index in [2.05, 4.69) is 5.32 Å². The molecule has 1 aliphatic heterocycles. The number of aryl methyl sites for hydroxylation is 1. The standard InChI is InChI=1S/C30H36N2O7/c1-17-6-8-18(9-7-17)15-32(30(37)20-4-3-5-20)23-14-22(29(36)31-10-11-33)25-21-12-19(16-34)13-24(38-2)27(21)39-28(25)26(23)35/h6-9,12-14,20,23,25-26,28,33-35H,3-5,10-11,15-16H2,1-2H3,(H,31,36). The fraction of sp³-hybridized carbons (Fsp3) is 0.467. The van der Waals surface area contributed by atoms with E-state index in [0.717, 1.165) is 30.4 Å². The predicted molar refractivity (Wildman–Crippen MR) is 143 cm³/mol. The lowest BCUT2D eigenvalue weighted by Gasteiger charge is -2.42. The first kappa shape index (κ1) is 27.2. The van der Waals surface area contributed by atoms with Crippen molar-refractivity contribution in [3.63, 3.8) is 0 Å². The molecule has 3 aliphatic rings. The maximum Gasteiger partial charge on any atom is 0.247 e. The number of ether oxygens (including phenoxy) is 2. The quantitative estimate of drug-likeness (QED) is 0.386. The molecule has 1 heterocycles. The highest BCUT2D eigenvalue weighted by molar-refractivity contribution is 5.96. The number of amides is 2. The number of rotatable bonds is 9. The molecule has 9 nitrogen and oxygen atoms in total. The van der Waals surface area contributed by atoms with Crippen molar-refractivity contribution in [1.29, 1.82) is 0 Å². The van der Waals surface area contributed by atoms with Gasteiger partial charge in [0.05, 0.1) is 32.3 Å². The smallest absolute Gasteiger partial charge is 0.247 e. The van der Waals surface area contributed by atoms with Crippen molar-refractivity contribution >= 4 is 11.8 Å². The molecule has 0 radical (unpaired) electrons. The Labute approximate surface area is 228 Å². The van der Waals surface area contributed by atoms with E-state index in [1.165, 1.54) is 7.11 Å². The van der Waals surface area contributed by atoms with Gasteiger partial charge in [0.1, 0.15) is 12.2 Å². The molecule has 1 saturated carbocycles. The van der Waals surface area contributed by atoms with E-state index >= 15 is 0 Å². The fourth-order valence-corrected chi connectivity index (χ4v) is 5.73. The van der Waals surface area contributed by atoms with Gasteiger partial charge < -0.3 is 35.0 Å². The summed E-state index contributed by atoms with van der Waals surface area (Å²) in [6.07, 6.45) is 2.28. The van der Waals surface area contributed by atoms with Gasteiger partial charge in [-0.2, -0.15) is 0 Å². The van der Waals surface area contributed by atoms with Gasteiger partial charge in [-0.25, -0.2) is 0 Å². The molecule has 2 aromatic carbocycles. The molecule has 0 bridgehead atoms. The van der Waals surface area contributed by atoms with Crippen LogP contribution < -0.4 is 14.8 Å². The summed E-state index contributed by atoms with van der Waals surface area (Å²) < 4.78 is 11.8. The molecule has 4 N–H and O–H groups in total. The molecule has 208 valence electrons.